The number of hydrogen-bond donors (Lipinski definition) is 0. The number of nitrogens with zero attached hydrogens (tertiary/aromatic N) is 2. The first kappa shape index (κ1) is 13.2. The van der Waals surface area contributed by atoms with Gasteiger partial charge in [0.15, 0.2) is 0 Å². The molecular formula is C13H24N2O. The summed E-state index contributed by atoms with van der Waals surface area (Å²) in [6.45, 7) is 12.9. The lowest BCUT2D eigenvalue weighted by atomic mass is 9.88. The molecule has 1 rings (SSSR count). The standard InChI is InChI=1S/C13H24N2O/c1-7-9-13(5,6)11-15-14-10(16-11)12(3,4)8-2/h7-9H2,1-6H3. The van der Waals surface area contributed by atoms with Crippen LogP contribution >= 0.6 is 0 Å². The summed E-state index contributed by atoms with van der Waals surface area (Å²) in [4.78, 5) is 0. The normalized spacial score (nSPS) is 13.1. The van der Waals surface area contributed by atoms with E-state index in [-0.39, 0.29) is 10.8 Å². The summed E-state index contributed by atoms with van der Waals surface area (Å²) in [5, 5.41) is 8.39. The maximum Gasteiger partial charge on any atom is 0.222 e. The molecule has 0 spiro atoms. The molecule has 0 aromatic carbocycles. The van der Waals surface area contributed by atoms with E-state index in [0.717, 1.165) is 31.0 Å². The van der Waals surface area contributed by atoms with Gasteiger partial charge in [0, 0.05) is 10.8 Å². The van der Waals surface area contributed by atoms with Gasteiger partial charge in [-0.2, -0.15) is 0 Å². The summed E-state index contributed by atoms with van der Waals surface area (Å²) >= 11 is 0. The quantitative estimate of drug-likeness (QED) is 0.763. The van der Waals surface area contributed by atoms with Gasteiger partial charge in [-0.3, -0.25) is 0 Å². The minimum atomic E-state index is -0.0203. The topological polar surface area (TPSA) is 38.9 Å². The van der Waals surface area contributed by atoms with Gasteiger partial charge in [-0.15, -0.1) is 10.2 Å². The molecule has 92 valence electrons. The van der Waals surface area contributed by atoms with Crippen LogP contribution in [-0.2, 0) is 10.8 Å². The van der Waals surface area contributed by atoms with Gasteiger partial charge >= 0.3 is 0 Å². The largest absolute Gasteiger partial charge is 0.424 e. The van der Waals surface area contributed by atoms with Gasteiger partial charge in [-0.1, -0.05) is 48.0 Å². The smallest absolute Gasteiger partial charge is 0.222 e. The fourth-order valence-electron chi connectivity index (χ4n) is 1.65. The molecule has 0 aliphatic carbocycles. The first-order valence-electron chi connectivity index (χ1n) is 6.18. The summed E-state index contributed by atoms with van der Waals surface area (Å²) in [5.74, 6) is 1.53. The number of aromatic nitrogens is 2. The average molecular weight is 224 g/mol. The molecule has 1 aromatic heterocycles. The van der Waals surface area contributed by atoms with Gasteiger partial charge < -0.3 is 4.42 Å². The van der Waals surface area contributed by atoms with E-state index in [9.17, 15) is 0 Å². The molecule has 0 radical (unpaired) electrons. The van der Waals surface area contributed by atoms with Crippen molar-refractivity contribution in [1.82, 2.24) is 10.2 Å². The average Bonchev–Trinajstić information content (AvgIpc) is 2.67. The predicted molar refractivity (Wildman–Crippen MR) is 65.5 cm³/mol. The summed E-state index contributed by atoms with van der Waals surface area (Å²) in [6.07, 6.45) is 3.20. The van der Waals surface area contributed by atoms with Crippen LogP contribution in [0.2, 0.25) is 0 Å². The lowest BCUT2D eigenvalue weighted by Gasteiger charge is -2.20. The van der Waals surface area contributed by atoms with Crippen molar-refractivity contribution in [2.24, 2.45) is 0 Å². The molecule has 0 amide bonds. The summed E-state index contributed by atoms with van der Waals surface area (Å²) in [6, 6.07) is 0. The highest BCUT2D eigenvalue weighted by Gasteiger charge is 2.30. The van der Waals surface area contributed by atoms with Gasteiger partial charge in [0.2, 0.25) is 11.8 Å². The molecule has 0 saturated heterocycles. The van der Waals surface area contributed by atoms with Crippen LogP contribution in [0.4, 0.5) is 0 Å². The molecule has 0 atom stereocenters. The van der Waals surface area contributed by atoms with Crippen LogP contribution in [0.25, 0.3) is 0 Å². The Labute approximate surface area is 98.6 Å². The van der Waals surface area contributed by atoms with Crippen molar-refractivity contribution in [3.8, 4) is 0 Å². The van der Waals surface area contributed by atoms with Crippen LogP contribution in [0.3, 0.4) is 0 Å². The molecule has 0 bridgehead atoms. The molecule has 0 N–H and O–H groups in total. The van der Waals surface area contributed by atoms with E-state index in [1.54, 1.807) is 0 Å². The summed E-state index contributed by atoms with van der Waals surface area (Å²) < 4.78 is 5.83. The Morgan fingerprint density at radius 1 is 0.938 bits per heavy atom. The second kappa shape index (κ2) is 4.56. The zero-order chi connectivity index (χ0) is 12.4. The van der Waals surface area contributed by atoms with E-state index in [0.29, 0.717) is 0 Å². The van der Waals surface area contributed by atoms with Crippen molar-refractivity contribution >= 4 is 0 Å². The zero-order valence-electron chi connectivity index (χ0n) is 11.4. The second-order valence-corrected chi connectivity index (χ2v) is 5.78. The third-order valence-corrected chi connectivity index (χ3v) is 3.34. The molecule has 16 heavy (non-hydrogen) atoms. The van der Waals surface area contributed by atoms with E-state index in [1.807, 2.05) is 0 Å². The molecule has 3 nitrogen and oxygen atoms in total. The molecule has 0 unspecified atom stereocenters. The zero-order valence-corrected chi connectivity index (χ0v) is 11.4. The minimum absolute atomic E-state index is 0.0101. The lowest BCUT2D eigenvalue weighted by Crippen LogP contribution is -2.17. The number of rotatable bonds is 5. The summed E-state index contributed by atoms with van der Waals surface area (Å²) in [5.41, 5.74) is -0.0304. The maximum atomic E-state index is 5.83. The van der Waals surface area contributed by atoms with Crippen LogP contribution in [0.15, 0.2) is 4.42 Å². The van der Waals surface area contributed by atoms with E-state index in [1.165, 1.54) is 0 Å². The first-order chi connectivity index (χ1) is 7.33. The van der Waals surface area contributed by atoms with Crippen LogP contribution in [0.1, 0.15) is 72.6 Å². The highest BCUT2D eigenvalue weighted by Crippen LogP contribution is 2.31. The van der Waals surface area contributed by atoms with Crippen molar-refractivity contribution in [3.63, 3.8) is 0 Å². The molecule has 1 aromatic rings. The predicted octanol–water partition coefficient (Wildman–Crippen LogP) is 3.83. The first-order valence-corrected chi connectivity index (χ1v) is 6.18. The van der Waals surface area contributed by atoms with Crippen molar-refractivity contribution in [3.05, 3.63) is 11.8 Å². The van der Waals surface area contributed by atoms with Gasteiger partial charge in [0.05, 0.1) is 0 Å². The van der Waals surface area contributed by atoms with E-state index in [4.69, 9.17) is 4.42 Å². The SMILES string of the molecule is CCCC(C)(C)c1nnc(C(C)(C)CC)o1. The highest BCUT2D eigenvalue weighted by atomic mass is 16.4. The van der Waals surface area contributed by atoms with Gasteiger partial charge in [0.25, 0.3) is 0 Å². The molecule has 1 heterocycles. The second-order valence-electron chi connectivity index (χ2n) is 5.78. The Morgan fingerprint density at radius 2 is 1.44 bits per heavy atom. The Kier molecular flexibility index (Phi) is 3.76. The van der Waals surface area contributed by atoms with E-state index < -0.39 is 0 Å². The Morgan fingerprint density at radius 3 is 1.88 bits per heavy atom. The fraction of sp³-hybridized carbons (Fsp3) is 0.846. The molecule has 0 aliphatic heterocycles. The minimum Gasteiger partial charge on any atom is -0.424 e. The van der Waals surface area contributed by atoms with Gasteiger partial charge in [-0.25, -0.2) is 0 Å². The Bertz CT molecular complexity index is 339. The molecule has 0 fully saturated rings. The molecule has 0 aliphatic rings. The third kappa shape index (κ3) is 2.63. The maximum absolute atomic E-state index is 5.83. The van der Waals surface area contributed by atoms with Crippen molar-refractivity contribution in [2.45, 2.75) is 71.6 Å². The van der Waals surface area contributed by atoms with Crippen LogP contribution < -0.4 is 0 Å². The Hall–Kier alpha value is -0.860. The van der Waals surface area contributed by atoms with E-state index in [2.05, 4.69) is 51.7 Å². The monoisotopic (exact) mass is 224 g/mol. The van der Waals surface area contributed by atoms with Crippen LogP contribution in [-0.4, -0.2) is 10.2 Å². The number of hydrogen-bond acceptors (Lipinski definition) is 3. The van der Waals surface area contributed by atoms with Gasteiger partial charge in [-0.05, 0) is 12.8 Å². The highest BCUT2D eigenvalue weighted by molar-refractivity contribution is 5.04. The van der Waals surface area contributed by atoms with Crippen molar-refractivity contribution in [2.75, 3.05) is 0 Å². The van der Waals surface area contributed by atoms with E-state index >= 15 is 0 Å². The molecule has 0 saturated carbocycles. The third-order valence-electron chi connectivity index (χ3n) is 3.34. The van der Waals surface area contributed by atoms with Crippen LogP contribution in [0, 0.1) is 0 Å². The van der Waals surface area contributed by atoms with Crippen LogP contribution in [0.5, 0.6) is 0 Å². The van der Waals surface area contributed by atoms with Crippen molar-refractivity contribution < 1.29 is 4.42 Å². The molecular weight excluding hydrogens is 200 g/mol. The van der Waals surface area contributed by atoms with Gasteiger partial charge in [0.1, 0.15) is 0 Å². The lowest BCUT2D eigenvalue weighted by molar-refractivity contribution is 0.295. The van der Waals surface area contributed by atoms with Crippen molar-refractivity contribution in [1.29, 1.82) is 0 Å². The molecule has 3 heteroatoms. The fourth-order valence-corrected chi connectivity index (χ4v) is 1.65. The summed E-state index contributed by atoms with van der Waals surface area (Å²) in [7, 11) is 0. The Balaban J connectivity index is 2.95.